The normalized spacial score (nSPS) is 10.3. The predicted octanol–water partition coefficient (Wildman–Crippen LogP) is 1.61. The number of carboxylic acid groups (broad SMARTS) is 1. The molecule has 0 aliphatic carbocycles. The van der Waals surface area contributed by atoms with Gasteiger partial charge in [-0.2, -0.15) is 0 Å². The molecule has 0 radical (unpaired) electrons. The highest BCUT2D eigenvalue weighted by atomic mass is 16.5. The maximum atomic E-state index is 11.7. The van der Waals surface area contributed by atoms with Crippen LogP contribution < -0.4 is 10.1 Å². The highest BCUT2D eigenvalue weighted by molar-refractivity contribution is 5.79. The largest absolute Gasteiger partial charge is 0.491 e. The van der Waals surface area contributed by atoms with Gasteiger partial charge in [0.1, 0.15) is 5.75 Å². The summed E-state index contributed by atoms with van der Waals surface area (Å²) < 4.78 is 5.61. The van der Waals surface area contributed by atoms with Crippen LogP contribution in [0.15, 0.2) is 24.3 Å². The summed E-state index contributed by atoms with van der Waals surface area (Å²) in [4.78, 5) is 22.0. The maximum Gasteiger partial charge on any atom is 0.305 e. The Hall–Kier alpha value is -2.04. The van der Waals surface area contributed by atoms with Gasteiger partial charge in [0.05, 0.1) is 18.9 Å². The minimum Gasteiger partial charge on any atom is -0.491 e. The fourth-order valence-electron chi connectivity index (χ4n) is 1.56. The molecule has 0 bridgehead atoms. The van der Waals surface area contributed by atoms with Gasteiger partial charge in [0.25, 0.3) is 0 Å². The molecular formula is C14H19NO4. The molecule has 5 nitrogen and oxygen atoms in total. The summed E-state index contributed by atoms with van der Waals surface area (Å²) in [7, 11) is 0. The van der Waals surface area contributed by atoms with Crippen LogP contribution in [0.5, 0.6) is 5.75 Å². The van der Waals surface area contributed by atoms with Crippen molar-refractivity contribution in [2.75, 3.05) is 6.54 Å². The van der Waals surface area contributed by atoms with E-state index in [1.165, 1.54) is 0 Å². The fraction of sp³-hybridized carbons (Fsp3) is 0.429. The van der Waals surface area contributed by atoms with Gasteiger partial charge in [0, 0.05) is 12.1 Å². The van der Waals surface area contributed by atoms with Gasteiger partial charge in [0.2, 0.25) is 5.91 Å². The van der Waals surface area contributed by atoms with Crippen LogP contribution in [0.2, 0.25) is 0 Å². The summed E-state index contributed by atoms with van der Waals surface area (Å²) in [6.07, 6.45) is 0.148. The molecule has 19 heavy (non-hydrogen) atoms. The Labute approximate surface area is 112 Å². The van der Waals surface area contributed by atoms with Crippen LogP contribution >= 0.6 is 0 Å². The third-order valence-electron chi connectivity index (χ3n) is 2.35. The van der Waals surface area contributed by atoms with E-state index in [9.17, 15) is 9.59 Å². The first-order chi connectivity index (χ1) is 8.99. The van der Waals surface area contributed by atoms with Crippen LogP contribution in [0.3, 0.4) is 0 Å². The molecular weight excluding hydrogens is 246 g/mol. The number of carboxylic acids is 1. The number of carbonyl (C=O) groups excluding carboxylic acids is 1. The predicted molar refractivity (Wildman–Crippen MR) is 71.2 cm³/mol. The van der Waals surface area contributed by atoms with E-state index in [0.717, 1.165) is 5.56 Å². The second kappa shape index (κ2) is 7.41. The molecule has 1 rings (SSSR count). The van der Waals surface area contributed by atoms with Crippen LogP contribution in [-0.2, 0) is 16.0 Å². The number of hydrogen-bond donors (Lipinski definition) is 2. The van der Waals surface area contributed by atoms with E-state index in [2.05, 4.69) is 5.32 Å². The Morgan fingerprint density at radius 3 is 2.63 bits per heavy atom. The number of para-hydroxylation sites is 1. The van der Waals surface area contributed by atoms with Crippen LogP contribution in [0.4, 0.5) is 0 Å². The zero-order valence-electron chi connectivity index (χ0n) is 11.2. The van der Waals surface area contributed by atoms with Crippen molar-refractivity contribution < 1.29 is 19.4 Å². The molecule has 0 spiro atoms. The first kappa shape index (κ1) is 15.0. The molecule has 0 aliphatic rings. The second-order valence-corrected chi connectivity index (χ2v) is 4.44. The summed E-state index contributed by atoms with van der Waals surface area (Å²) >= 11 is 0. The van der Waals surface area contributed by atoms with E-state index in [0.29, 0.717) is 5.75 Å². The van der Waals surface area contributed by atoms with Crippen molar-refractivity contribution in [3.05, 3.63) is 29.8 Å². The molecule has 5 heteroatoms. The monoisotopic (exact) mass is 265 g/mol. The summed E-state index contributed by atoms with van der Waals surface area (Å²) in [5.41, 5.74) is 0.795. The first-order valence-corrected chi connectivity index (χ1v) is 6.22. The molecule has 0 saturated heterocycles. The molecule has 0 atom stereocenters. The highest BCUT2D eigenvalue weighted by Crippen LogP contribution is 2.19. The summed E-state index contributed by atoms with van der Waals surface area (Å²) in [6, 6.07) is 7.34. The molecule has 0 saturated carbocycles. The number of hydrogen-bond acceptors (Lipinski definition) is 3. The Morgan fingerprint density at radius 2 is 2.00 bits per heavy atom. The van der Waals surface area contributed by atoms with Crippen molar-refractivity contribution >= 4 is 11.9 Å². The third kappa shape index (κ3) is 5.90. The lowest BCUT2D eigenvalue weighted by molar-refractivity contribution is -0.136. The van der Waals surface area contributed by atoms with Crippen molar-refractivity contribution in [2.24, 2.45) is 0 Å². The topological polar surface area (TPSA) is 75.6 Å². The fourth-order valence-corrected chi connectivity index (χ4v) is 1.56. The Morgan fingerprint density at radius 1 is 1.32 bits per heavy atom. The van der Waals surface area contributed by atoms with Gasteiger partial charge in [-0.3, -0.25) is 9.59 Å². The van der Waals surface area contributed by atoms with Crippen molar-refractivity contribution in [2.45, 2.75) is 32.8 Å². The number of amides is 1. The molecule has 0 unspecified atom stereocenters. The van der Waals surface area contributed by atoms with Gasteiger partial charge in [-0.15, -0.1) is 0 Å². The lowest BCUT2D eigenvalue weighted by Crippen LogP contribution is -2.27. The van der Waals surface area contributed by atoms with Crippen LogP contribution in [0.1, 0.15) is 25.8 Å². The van der Waals surface area contributed by atoms with E-state index < -0.39 is 5.97 Å². The van der Waals surface area contributed by atoms with Crippen molar-refractivity contribution in [3.8, 4) is 5.75 Å². The van der Waals surface area contributed by atoms with Crippen LogP contribution in [-0.4, -0.2) is 29.6 Å². The Bertz CT molecular complexity index is 443. The molecule has 1 aromatic rings. The lowest BCUT2D eigenvalue weighted by atomic mass is 10.1. The average molecular weight is 265 g/mol. The van der Waals surface area contributed by atoms with E-state index in [4.69, 9.17) is 9.84 Å². The van der Waals surface area contributed by atoms with Crippen molar-refractivity contribution in [1.29, 1.82) is 0 Å². The van der Waals surface area contributed by atoms with Gasteiger partial charge in [-0.05, 0) is 19.9 Å². The summed E-state index contributed by atoms with van der Waals surface area (Å²) in [5, 5.41) is 11.1. The van der Waals surface area contributed by atoms with E-state index in [1.54, 1.807) is 0 Å². The number of carbonyl (C=O) groups is 2. The Balaban J connectivity index is 2.56. The molecule has 0 fully saturated rings. The van der Waals surface area contributed by atoms with E-state index >= 15 is 0 Å². The number of aliphatic carboxylic acids is 1. The number of ether oxygens (including phenoxy) is 1. The third-order valence-corrected chi connectivity index (χ3v) is 2.35. The molecule has 0 aliphatic heterocycles. The molecule has 0 heterocycles. The van der Waals surface area contributed by atoms with Crippen LogP contribution in [0.25, 0.3) is 0 Å². The minimum atomic E-state index is -0.927. The van der Waals surface area contributed by atoms with Gasteiger partial charge >= 0.3 is 5.97 Å². The van der Waals surface area contributed by atoms with Crippen LogP contribution in [0, 0.1) is 0 Å². The standard InChI is InChI=1S/C14H19NO4/c1-10(2)19-12-6-4-3-5-11(12)9-13(16)15-8-7-14(17)18/h3-6,10H,7-9H2,1-2H3,(H,15,16)(H,17,18). The molecule has 1 aromatic carbocycles. The molecule has 0 aromatic heterocycles. The number of benzene rings is 1. The van der Waals surface area contributed by atoms with E-state index in [-0.39, 0.29) is 31.4 Å². The quantitative estimate of drug-likeness (QED) is 0.785. The summed E-state index contributed by atoms with van der Waals surface area (Å²) in [6.45, 7) is 3.98. The highest BCUT2D eigenvalue weighted by Gasteiger charge is 2.09. The zero-order valence-corrected chi connectivity index (χ0v) is 11.2. The maximum absolute atomic E-state index is 11.7. The smallest absolute Gasteiger partial charge is 0.305 e. The minimum absolute atomic E-state index is 0.0382. The van der Waals surface area contributed by atoms with Crippen molar-refractivity contribution in [1.82, 2.24) is 5.32 Å². The molecule has 104 valence electrons. The second-order valence-electron chi connectivity index (χ2n) is 4.44. The SMILES string of the molecule is CC(C)Oc1ccccc1CC(=O)NCCC(=O)O. The number of rotatable bonds is 7. The number of nitrogens with one attached hydrogen (secondary N) is 1. The van der Waals surface area contributed by atoms with Gasteiger partial charge in [0.15, 0.2) is 0 Å². The molecule has 1 amide bonds. The Kier molecular flexibility index (Phi) is 5.85. The zero-order chi connectivity index (χ0) is 14.3. The summed E-state index contributed by atoms with van der Waals surface area (Å²) in [5.74, 6) is -0.448. The molecule has 2 N–H and O–H groups in total. The van der Waals surface area contributed by atoms with Crippen molar-refractivity contribution in [3.63, 3.8) is 0 Å². The van der Waals surface area contributed by atoms with E-state index in [1.807, 2.05) is 38.1 Å². The van der Waals surface area contributed by atoms with Gasteiger partial charge < -0.3 is 15.2 Å². The van der Waals surface area contributed by atoms with Gasteiger partial charge in [-0.25, -0.2) is 0 Å². The van der Waals surface area contributed by atoms with Gasteiger partial charge in [-0.1, -0.05) is 18.2 Å². The lowest BCUT2D eigenvalue weighted by Gasteiger charge is -2.14. The average Bonchev–Trinajstić information content (AvgIpc) is 2.30. The first-order valence-electron chi connectivity index (χ1n) is 6.22.